The van der Waals surface area contributed by atoms with Gasteiger partial charge in [0.15, 0.2) is 0 Å². The van der Waals surface area contributed by atoms with Crippen LogP contribution in [0, 0.1) is 13.8 Å². The fourth-order valence-corrected chi connectivity index (χ4v) is 3.72. The van der Waals surface area contributed by atoms with Crippen molar-refractivity contribution in [3.05, 3.63) is 71.3 Å². The first kappa shape index (κ1) is 26.5. The minimum atomic E-state index is 0.595. The average molecular weight is 453 g/mol. The lowest BCUT2D eigenvalue weighted by atomic mass is 10.1. The number of hydrogen-bond donors (Lipinski definition) is 0. The van der Waals surface area contributed by atoms with Crippen LogP contribution < -0.4 is 9.47 Å². The third kappa shape index (κ3) is 9.70. The largest absolute Gasteiger partial charge is 0.493 e. The Balaban J connectivity index is 1.66. The van der Waals surface area contributed by atoms with Crippen molar-refractivity contribution in [2.75, 3.05) is 40.5 Å². The summed E-state index contributed by atoms with van der Waals surface area (Å²) in [5, 5.41) is 4.22. The van der Waals surface area contributed by atoms with E-state index in [2.05, 4.69) is 55.2 Å². The van der Waals surface area contributed by atoms with E-state index in [4.69, 9.17) is 14.3 Å². The molecule has 2 rings (SSSR count). The summed E-state index contributed by atoms with van der Waals surface area (Å²) < 4.78 is 11.8. The number of nitrogens with zero attached hydrogens (tertiary/aromatic N) is 2. The molecule has 33 heavy (non-hydrogen) atoms. The molecule has 5 heteroatoms. The highest BCUT2D eigenvalue weighted by Crippen LogP contribution is 2.28. The van der Waals surface area contributed by atoms with E-state index in [0.717, 1.165) is 72.9 Å². The van der Waals surface area contributed by atoms with Gasteiger partial charge in [0, 0.05) is 12.1 Å². The summed E-state index contributed by atoms with van der Waals surface area (Å²) in [6.07, 6.45) is 8.55. The number of allylic oxidation sites excluding steroid dienone is 1. The number of ether oxygens (including phenoxy) is 2. The first-order chi connectivity index (χ1) is 16.0. The Labute approximate surface area is 200 Å². The van der Waals surface area contributed by atoms with Gasteiger partial charge in [0.1, 0.15) is 30.9 Å². The number of rotatable bonds is 15. The molecule has 5 nitrogen and oxygen atoms in total. The predicted octanol–water partition coefficient (Wildman–Crippen LogP) is 6.18. The minimum absolute atomic E-state index is 0.595. The molecule has 0 aliphatic rings. The topological polar surface area (TPSA) is 43.3 Å². The van der Waals surface area contributed by atoms with Crippen LogP contribution in [0.2, 0.25) is 0 Å². The van der Waals surface area contributed by atoms with E-state index in [-0.39, 0.29) is 0 Å². The van der Waals surface area contributed by atoms with Crippen LogP contribution in [0.5, 0.6) is 11.5 Å². The van der Waals surface area contributed by atoms with Crippen LogP contribution in [0.3, 0.4) is 0 Å². The van der Waals surface area contributed by atoms with Gasteiger partial charge in [-0.25, -0.2) is 0 Å². The average Bonchev–Trinajstić information content (AvgIpc) is 2.80. The zero-order valence-electron chi connectivity index (χ0n) is 21.0. The van der Waals surface area contributed by atoms with Crippen molar-refractivity contribution < 1.29 is 14.3 Å². The number of oxime groups is 1. The van der Waals surface area contributed by atoms with E-state index in [0.29, 0.717) is 6.61 Å². The maximum absolute atomic E-state index is 6.09. The third-order valence-corrected chi connectivity index (χ3v) is 5.42. The summed E-state index contributed by atoms with van der Waals surface area (Å²) in [6, 6.07) is 14.3. The molecule has 180 valence electrons. The molecular formula is C28H40N2O3. The van der Waals surface area contributed by atoms with E-state index in [1.165, 1.54) is 6.42 Å². The number of likely N-dealkylation sites (N-methyl/N-ethyl adjacent to an activating group) is 1. The van der Waals surface area contributed by atoms with E-state index >= 15 is 0 Å². The third-order valence-electron chi connectivity index (χ3n) is 5.42. The summed E-state index contributed by atoms with van der Waals surface area (Å²) in [4.78, 5) is 7.35. The number of unbranched alkanes of at least 4 members (excludes halogenated alkanes) is 3. The van der Waals surface area contributed by atoms with E-state index in [9.17, 15) is 0 Å². The van der Waals surface area contributed by atoms with Gasteiger partial charge in [0.25, 0.3) is 0 Å². The Morgan fingerprint density at radius 2 is 1.67 bits per heavy atom. The van der Waals surface area contributed by atoms with Gasteiger partial charge in [-0.15, -0.1) is 0 Å². The molecule has 0 atom stereocenters. The van der Waals surface area contributed by atoms with Crippen LogP contribution in [0.1, 0.15) is 49.3 Å². The van der Waals surface area contributed by atoms with Gasteiger partial charge in [0.2, 0.25) is 0 Å². The molecule has 0 heterocycles. The lowest BCUT2D eigenvalue weighted by Crippen LogP contribution is -2.27. The second kappa shape index (κ2) is 15.1. The van der Waals surface area contributed by atoms with Crippen LogP contribution >= 0.6 is 0 Å². The van der Waals surface area contributed by atoms with Gasteiger partial charge in [-0.05, 0) is 70.5 Å². The summed E-state index contributed by atoms with van der Waals surface area (Å²) in [6.45, 7) is 9.30. The molecule has 0 fully saturated rings. The highest BCUT2D eigenvalue weighted by atomic mass is 16.6. The molecule has 0 bridgehead atoms. The number of aryl methyl sites for hydroxylation is 2. The smallest absolute Gasteiger partial charge is 0.125 e. The Hall–Kier alpha value is -2.79. The molecule has 0 radical (unpaired) electrons. The summed E-state index contributed by atoms with van der Waals surface area (Å²) in [5.41, 5.74) is 4.31. The van der Waals surface area contributed by atoms with Gasteiger partial charge in [-0.2, -0.15) is 0 Å². The molecule has 0 aliphatic carbocycles. The van der Waals surface area contributed by atoms with E-state index in [1.54, 1.807) is 7.11 Å². The lowest BCUT2D eigenvalue weighted by molar-refractivity contribution is 0.211. The van der Waals surface area contributed by atoms with Gasteiger partial charge in [0.05, 0.1) is 6.61 Å². The van der Waals surface area contributed by atoms with Crippen LogP contribution in [0.15, 0.2) is 59.8 Å². The molecular weight excluding hydrogens is 412 g/mol. The van der Waals surface area contributed by atoms with Crippen molar-refractivity contribution in [1.82, 2.24) is 4.90 Å². The molecule has 0 saturated carbocycles. The maximum atomic E-state index is 6.09. The van der Waals surface area contributed by atoms with Gasteiger partial charge < -0.3 is 19.2 Å². The second-order valence-corrected chi connectivity index (χ2v) is 8.35. The fraction of sp³-hybridized carbons (Fsp3) is 0.464. The Kier molecular flexibility index (Phi) is 12.1. The van der Waals surface area contributed by atoms with Crippen molar-refractivity contribution in [3.63, 3.8) is 0 Å². The summed E-state index contributed by atoms with van der Waals surface area (Å²) in [7, 11) is 3.73. The normalized spacial score (nSPS) is 11.9. The number of hydrogen-bond acceptors (Lipinski definition) is 5. The Morgan fingerprint density at radius 1 is 0.970 bits per heavy atom. The van der Waals surface area contributed by atoms with Crippen LogP contribution in [0.25, 0.3) is 0 Å². The fourth-order valence-electron chi connectivity index (χ4n) is 3.72. The summed E-state index contributed by atoms with van der Waals surface area (Å²) >= 11 is 0. The highest BCUT2D eigenvalue weighted by molar-refractivity contribution is 6.01. The zero-order valence-corrected chi connectivity index (χ0v) is 21.0. The van der Waals surface area contributed by atoms with Crippen molar-refractivity contribution >= 4 is 5.71 Å². The molecule has 2 aromatic rings. The molecule has 0 aromatic heterocycles. The Morgan fingerprint density at radius 3 is 2.33 bits per heavy atom. The molecule has 0 amide bonds. The van der Waals surface area contributed by atoms with Gasteiger partial charge in [-0.3, -0.25) is 0 Å². The van der Waals surface area contributed by atoms with Crippen molar-refractivity contribution in [2.45, 2.75) is 46.5 Å². The highest BCUT2D eigenvalue weighted by Gasteiger charge is 2.09. The standard InChI is InChI=1S/C28H40N2O3/c1-6-7-18-32-26-20-23(2)28(24(3)21-26)33-19-14-9-8-13-17-30(4)22-27(29-31-5)25-15-11-10-12-16-25/h6-7,10-12,15-16,20-21H,8-9,13-14,17-19,22H2,1-5H3/b7-6+,29-27-. The van der Waals surface area contributed by atoms with Crippen LogP contribution in [0.4, 0.5) is 0 Å². The molecule has 0 spiro atoms. The molecule has 0 saturated heterocycles. The Bertz CT molecular complexity index is 855. The van der Waals surface area contributed by atoms with Crippen molar-refractivity contribution in [3.8, 4) is 11.5 Å². The number of benzene rings is 2. The first-order valence-electron chi connectivity index (χ1n) is 11.9. The first-order valence-corrected chi connectivity index (χ1v) is 11.9. The monoisotopic (exact) mass is 452 g/mol. The molecule has 0 unspecified atom stereocenters. The quantitative estimate of drug-likeness (QED) is 0.140. The van der Waals surface area contributed by atoms with Crippen LogP contribution in [-0.2, 0) is 4.84 Å². The zero-order chi connectivity index (χ0) is 23.9. The SMILES string of the molecule is C/C=C/COc1cc(C)c(OCCCCCCN(C)C/C(=N/OC)c2ccccc2)c(C)c1. The minimum Gasteiger partial charge on any atom is -0.493 e. The van der Waals surface area contributed by atoms with Crippen LogP contribution in [-0.4, -0.2) is 51.1 Å². The molecule has 0 aliphatic heterocycles. The lowest BCUT2D eigenvalue weighted by Gasteiger charge is -2.18. The van der Waals surface area contributed by atoms with Gasteiger partial charge >= 0.3 is 0 Å². The van der Waals surface area contributed by atoms with Crippen molar-refractivity contribution in [1.29, 1.82) is 0 Å². The predicted molar refractivity (Wildman–Crippen MR) is 138 cm³/mol. The van der Waals surface area contributed by atoms with Gasteiger partial charge in [-0.1, -0.05) is 60.5 Å². The molecule has 2 aromatic carbocycles. The van der Waals surface area contributed by atoms with Crippen molar-refractivity contribution in [2.24, 2.45) is 5.16 Å². The summed E-state index contributed by atoms with van der Waals surface area (Å²) in [5.74, 6) is 1.88. The van der Waals surface area contributed by atoms with E-state index in [1.807, 2.05) is 37.3 Å². The van der Waals surface area contributed by atoms with E-state index < -0.39 is 0 Å². The second-order valence-electron chi connectivity index (χ2n) is 8.35. The molecule has 0 N–H and O–H groups in total. The maximum Gasteiger partial charge on any atom is 0.125 e.